The van der Waals surface area contributed by atoms with E-state index in [1.165, 1.54) is 0 Å². The average Bonchev–Trinajstić information content (AvgIpc) is 2.25. The molecule has 1 heterocycles. The Morgan fingerprint density at radius 1 is 1.33 bits per heavy atom. The van der Waals surface area contributed by atoms with Gasteiger partial charge in [-0.1, -0.05) is 32.0 Å². The predicted octanol–water partition coefficient (Wildman–Crippen LogP) is 2.43. The zero-order chi connectivity index (χ0) is 13.4. The maximum absolute atomic E-state index is 11.0. The zero-order valence-corrected chi connectivity index (χ0v) is 11.7. The highest BCUT2D eigenvalue weighted by atomic mass is 16.5. The molecule has 100 valence electrons. The summed E-state index contributed by atoms with van der Waals surface area (Å²) in [4.78, 5) is 0. The summed E-state index contributed by atoms with van der Waals surface area (Å²) < 4.78 is 5.93. The van der Waals surface area contributed by atoms with Gasteiger partial charge in [-0.25, -0.2) is 0 Å². The molecule has 1 atom stereocenters. The Kier molecular flexibility index (Phi) is 3.39. The Hall–Kier alpha value is -1.06. The molecule has 1 aliphatic rings. The highest BCUT2D eigenvalue weighted by Gasteiger charge is 2.43. The van der Waals surface area contributed by atoms with Crippen LogP contribution in [0.3, 0.4) is 0 Å². The van der Waals surface area contributed by atoms with E-state index in [1.54, 1.807) is 0 Å². The van der Waals surface area contributed by atoms with Crippen LogP contribution in [-0.4, -0.2) is 23.3 Å². The van der Waals surface area contributed by atoms with Crippen molar-refractivity contribution in [3.05, 3.63) is 29.8 Å². The molecular weight excluding hydrogens is 226 g/mol. The summed E-state index contributed by atoms with van der Waals surface area (Å²) in [5.41, 5.74) is -0.317. The van der Waals surface area contributed by atoms with Crippen LogP contribution < -0.4 is 10.1 Å². The second kappa shape index (κ2) is 4.56. The van der Waals surface area contributed by atoms with Crippen molar-refractivity contribution in [3.8, 4) is 5.75 Å². The number of hydrogen-bond acceptors (Lipinski definition) is 3. The molecule has 18 heavy (non-hydrogen) atoms. The largest absolute Gasteiger partial charge is 0.487 e. The van der Waals surface area contributed by atoms with Crippen molar-refractivity contribution < 1.29 is 9.84 Å². The fourth-order valence-corrected chi connectivity index (χ4v) is 2.60. The molecule has 1 unspecified atom stereocenters. The van der Waals surface area contributed by atoms with E-state index in [4.69, 9.17) is 4.74 Å². The predicted molar refractivity (Wildman–Crippen MR) is 72.8 cm³/mol. The van der Waals surface area contributed by atoms with Crippen LogP contribution in [0, 0.1) is 0 Å². The minimum absolute atomic E-state index is 0.345. The van der Waals surface area contributed by atoms with Gasteiger partial charge in [-0.2, -0.15) is 0 Å². The van der Waals surface area contributed by atoms with Crippen molar-refractivity contribution in [1.82, 2.24) is 5.32 Å². The summed E-state index contributed by atoms with van der Waals surface area (Å²) in [5, 5.41) is 14.3. The molecule has 1 aliphatic heterocycles. The quantitative estimate of drug-likeness (QED) is 0.864. The summed E-state index contributed by atoms with van der Waals surface area (Å²) in [7, 11) is 0. The summed E-state index contributed by atoms with van der Waals surface area (Å²) in [5.74, 6) is 0.793. The normalized spacial score (nSPS) is 25.7. The standard InChI is InChI=1S/C15H23NO2/c1-11(2)16-10-15(17)9-14(3,4)18-13-8-6-5-7-12(13)15/h5-8,11,16-17H,9-10H2,1-4H3. The molecule has 0 saturated carbocycles. The van der Waals surface area contributed by atoms with Crippen LogP contribution in [-0.2, 0) is 5.60 Å². The molecule has 0 aromatic heterocycles. The number of hydrogen-bond donors (Lipinski definition) is 2. The van der Waals surface area contributed by atoms with Gasteiger partial charge in [0.25, 0.3) is 0 Å². The number of fused-ring (bicyclic) bond motifs is 1. The third kappa shape index (κ3) is 2.68. The van der Waals surface area contributed by atoms with Crippen LogP contribution in [0.2, 0.25) is 0 Å². The van der Waals surface area contributed by atoms with Gasteiger partial charge in [-0.3, -0.25) is 0 Å². The Morgan fingerprint density at radius 3 is 2.67 bits per heavy atom. The zero-order valence-electron chi connectivity index (χ0n) is 11.7. The van der Waals surface area contributed by atoms with E-state index in [-0.39, 0.29) is 5.60 Å². The molecule has 0 aliphatic carbocycles. The Balaban J connectivity index is 2.34. The SMILES string of the molecule is CC(C)NCC1(O)CC(C)(C)Oc2ccccc21. The first kappa shape index (κ1) is 13.4. The van der Waals surface area contributed by atoms with Crippen molar-refractivity contribution in [1.29, 1.82) is 0 Å². The monoisotopic (exact) mass is 249 g/mol. The molecule has 0 bridgehead atoms. The third-order valence-corrected chi connectivity index (χ3v) is 3.30. The Morgan fingerprint density at radius 2 is 2.00 bits per heavy atom. The molecule has 2 rings (SSSR count). The van der Waals surface area contributed by atoms with Crippen molar-refractivity contribution in [3.63, 3.8) is 0 Å². The van der Waals surface area contributed by atoms with Crippen LogP contribution in [0.5, 0.6) is 5.75 Å². The lowest BCUT2D eigenvalue weighted by Gasteiger charge is -2.43. The number of rotatable bonds is 3. The Labute approximate surface area is 109 Å². The Bertz CT molecular complexity index is 428. The number of nitrogens with one attached hydrogen (secondary N) is 1. The van der Waals surface area contributed by atoms with E-state index in [2.05, 4.69) is 19.2 Å². The van der Waals surface area contributed by atoms with Gasteiger partial charge in [-0.05, 0) is 19.9 Å². The smallest absolute Gasteiger partial charge is 0.126 e. The lowest BCUT2D eigenvalue weighted by atomic mass is 9.80. The lowest BCUT2D eigenvalue weighted by molar-refractivity contribution is -0.0633. The van der Waals surface area contributed by atoms with Crippen LogP contribution in [0.1, 0.15) is 39.7 Å². The number of aliphatic hydroxyl groups is 1. The van der Waals surface area contributed by atoms with E-state index in [0.29, 0.717) is 19.0 Å². The molecule has 0 amide bonds. The molecule has 1 aromatic carbocycles. The van der Waals surface area contributed by atoms with Crippen LogP contribution >= 0.6 is 0 Å². The van der Waals surface area contributed by atoms with Gasteiger partial charge in [0.05, 0.1) is 0 Å². The minimum atomic E-state index is -0.859. The molecule has 0 radical (unpaired) electrons. The maximum atomic E-state index is 11.0. The van der Waals surface area contributed by atoms with Gasteiger partial charge < -0.3 is 15.2 Å². The second-order valence-electron chi connectivity index (χ2n) is 6.10. The van der Waals surface area contributed by atoms with E-state index < -0.39 is 5.60 Å². The van der Waals surface area contributed by atoms with Crippen molar-refractivity contribution >= 4 is 0 Å². The third-order valence-electron chi connectivity index (χ3n) is 3.30. The summed E-state index contributed by atoms with van der Waals surface area (Å²) in [6.07, 6.45) is 0.594. The molecule has 1 aromatic rings. The summed E-state index contributed by atoms with van der Waals surface area (Å²) >= 11 is 0. The number of benzene rings is 1. The molecule has 0 spiro atoms. The first-order chi connectivity index (χ1) is 8.32. The van der Waals surface area contributed by atoms with Gasteiger partial charge in [0, 0.05) is 24.6 Å². The van der Waals surface area contributed by atoms with Gasteiger partial charge in [0.15, 0.2) is 0 Å². The van der Waals surface area contributed by atoms with Crippen LogP contribution in [0.4, 0.5) is 0 Å². The number of para-hydroxylation sites is 1. The molecular formula is C15H23NO2. The maximum Gasteiger partial charge on any atom is 0.126 e. The fourth-order valence-electron chi connectivity index (χ4n) is 2.60. The van der Waals surface area contributed by atoms with Gasteiger partial charge >= 0.3 is 0 Å². The topological polar surface area (TPSA) is 41.5 Å². The van der Waals surface area contributed by atoms with Crippen molar-refractivity contribution in [2.45, 2.75) is 51.4 Å². The van der Waals surface area contributed by atoms with Gasteiger partial charge in [0.1, 0.15) is 17.0 Å². The van der Waals surface area contributed by atoms with Crippen molar-refractivity contribution in [2.75, 3.05) is 6.54 Å². The van der Waals surface area contributed by atoms with E-state index in [9.17, 15) is 5.11 Å². The molecule has 2 N–H and O–H groups in total. The fraction of sp³-hybridized carbons (Fsp3) is 0.600. The molecule has 0 fully saturated rings. The number of ether oxygens (including phenoxy) is 1. The first-order valence-electron chi connectivity index (χ1n) is 6.57. The second-order valence-corrected chi connectivity index (χ2v) is 6.10. The summed E-state index contributed by atoms with van der Waals surface area (Å²) in [6, 6.07) is 8.12. The lowest BCUT2D eigenvalue weighted by Crippen LogP contribution is -2.50. The molecule has 3 heteroatoms. The molecule has 0 saturated heterocycles. The van der Waals surface area contributed by atoms with E-state index in [0.717, 1.165) is 11.3 Å². The van der Waals surface area contributed by atoms with Crippen LogP contribution in [0.15, 0.2) is 24.3 Å². The first-order valence-corrected chi connectivity index (χ1v) is 6.57. The highest BCUT2D eigenvalue weighted by molar-refractivity contribution is 5.41. The van der Waals surface area contributed by atoms with E-state index in [1.807, 2.05) is 38.1 Å². The van der Waals surface area contributed by atoms with Gasteiger partial charge in [-0.15, -0.1) is 0 Å². The van der Waals surface area contributed by atoms with E-state index >= 15 is 0 Å². The average molecular weight is 249 g/mol. The highest BCUT2D eigenvalue weighted by Crippen LogP contribution is 2.42. The molecule has 3 nitrogen and oxygen atoms in total. The minimum Gasteiger partial charge on any atom is -0.487 e. The van der Waals surface area contributed by atoms with Crippen molar-refractivity contribution in [2.24, 2.45) is 0 Å². The summed E-state index contributed by atoms with van der Waals surface area (Å²) in [6.45, 7) is 8.75. The van der Waals surface area contributed by atoms with Crippen LogP contribution in [0.25, 0.3) is 0 Å². The van der Waals surface area contributed by atoms with Gasteiger partial charge in [0.2, 0.25) is 0 Å².